The Kier molecular flexibility index (Phi) is 6.58. The van der Waals surface area contributed by atoms with E-state index in [4.69, 9.17) is 9.47 Å². The molecule has 1 saturated carbocycles. The standard InChI is InChI=1S/C28H28F3NO3/c29-28(30,31)22-12-10-21(11-13-22)23-7-3-4-8-24(23)27(33)32(16-19-5-1-2-6-19)17-20-9-14-25-26(15-20)35-18-34-25/h3-4,8-15,19,23H,1-2,5-7,16-18H2. The Morgan fingerprint density at radius 1 is 1.00 bits per heavy atom. The van der Waals surface area contributed by atoms with Gasteiger partial charge in [0, 0.05) is 24.6 Å². The van der Waals surface area contributed by atoms with E-state index in [1.165, 1.54) is 25.0 Å². The smallest absolute Gasteiger partial charge is 0.416 e. The monoisotopic (exact) mass is 483 g/mol. The van der Waals surface area contributed by atoms with Crippen LogP contribution < -0.4 is 9.47 Å². The van der Waals surface area contributed by atoms with E-state index in [1.54, 1.807) is 0 Å². The molecule has 184 valence electrons. The van der Waals surface area contributed by atoms with Gasteiger partial charge in [0.25, 0.3) is 5.91 Å². The van der Waals surface area contributed by atoms with Gasteiger partial charge in [-0.3, -0.25) is 4.79 Å². The Morgan fingerprint density at radius 2 is 1.74 bits per heavy atom. The van der Waals surface area contributed by atoms with Crippen molar-refractivity contribution >= 4 is 5.91 Å². The minimum atomic E-state index is -4.39. The Bertz CT molecular complexity index is 1130. The first-order valence-electron chi connectivity index (χ1n) is 12.1. The van der Waals surface area contributed by atoms with Crippen molar-refractivity contribution in [2.45, 2.75) is 50.7 Å². The fourth-order valence-corrected chi connectivity index (χ4v) is 5.24. The molecule has 1 unspecified atom stereocenters. The molecule has 0 aromatic heterocycles. The van der Waals surface area contributed by atoms with Crippen LogP contribution in [0, 0.1) is 5.92 Å². The Hall–Kier alpha value is -3.22. The first-order valence-corrected chi connectivity index (χ1v) is 12.1. The summed E-state index contributed by atoms with van der Waals surface area (Å²) in [6, 6.07) is 10.9. The number of hydrogen-bond donors (Lipinski definition) is 0. The average Bonchev–Trinajstić information content (AvgIpc) is 3.54. The van der Waals surface area contributed by atoms with Gasteiger partial charge in [0.15, 0.2) is 11.5 Å². The van der Waals surface area contributed by atoms with Crippen molar-refractivity contribution in [2.24, 2.45) is 5.92 Å². The van der Waals surface area contributed by atoms with Gasteiger partial charge in [0.1, 0.15) is 0 Å². The van der Waals surface area contributed by atoms with Crippen LogP contribution in [0.2, 0.25) is 0 Å². The molecule has 0 radical (unpaired) electrons. The predicted molar refractivity (Wildman–Crippen MR) is 126 cm³/mol. The van der Waals surface area contributed by atoms with Gasteiger partial charge in [-0.25, -0.2) is 0 Å². The normalized spacial score (nSPS) is 19.6. The van der Waals surface area contributed by atoms with Crippen LogP contribution in [0.5, 0.6) is 11.5 Å². The highest BCUT2D eigenvalue weighted by atomic mass is 19.4. The number of rotatable bonds is 6. The second-order valence-electron chi connectivity index (χ2n) is 9.48. The summed E-state index contributed by atoms with van der Waals surface area (Å²) < 4.78 is 50.1. The lowest BCUT2D eigenvalue weighted by atomic mass is 9.84. The third kappa shape index (κ3) is 5.24. The zero-order valence-corrected chi connectivity index (χ0v) is 19.4. The van der Waals surface area contributed by atoms with E-state index in [0.29, 0.717) is 48.1 Å². The number of hydrogen-bond acceptors (Lipinski definition) is 3. The van der Waals surface area contributed by atoms with Crippen LogP contribution in [0.15, 0.2) is 66.3 Å². The summed E-state index contributed by atoms with van der Waals surface area (Å²) in [6.45, 7) is 1.29. The van der Waals surface area contributed by atoms with E-state index >= 15 is 0 Å². The molecule has 1 amide bonds. The number of carbonyl (C=O) groups is 1. The Balaban J connectivity index is 1.40. The fourth-order valence-electron chi connectivity index (χ4n) is 5.24. The topological polar surface area (TPSA) is 38.8 Å². The molecule has 5 rings (SSSR count). The molecule has 0 saturated heterocycles. The SMILES string of the molecule is O=C(C1=CC=CCC1c1ccc(C(F)(F)F)cc1)N(Cc1ccc2c(c1)OCO2)CC1CCCC1. The Morgan fingerprint density at radius 3 is 2.49 bits per heavy atom. The molecule has 1 aliphatic heterocycles. The van der Waals surface area contributed by atoms with Gasteiger partial charge in [-0.2, -0.15) is 13.2 Å². The highest BCUT2D eigenvalue weighted by Crippen LogP contribution is 2.37. The number of ether oxygens (including phenoxy) is 2. The molecule has 2 aliphatic carbocycles. The van der Waals surface area contributed by atoms with Crippen molar-refractivity contribution < 1.29 is 27.4 Å². The van der Waals surface area contributed by atoms with E-state index in [9.17, 15) is 18.0 Å². The van der Waals surface area contributed by atoms with Gasteiger partial charge in [-0.05, 0) is 60.6 Å². The van der Waals surface area contributed by atoms with Gasteiger partial charge >= 0.3 is 6.18 Å². The van der Waals surface area contributed by atoms with Crippen LogP contribution >= 0.6 is 0 Å². The zero-order valence-electron chi connectivity index (χ0n) is 19.4. The molecule has 0 bridgehead atoms. The van der Waals surface area contributed by atoms with Crippen molar-refractivity contribution in [1.29, 1.82) is 0 Å². The molecule has 2 aromatic rings. The second kappa shape index (κ2) is 9.80. The quantitative estimate of drug-likeness (QED) is 0.463. The average molecular weight is 484 g/mol. The number of allylic oxidation sites excluding steroid dienone is 3. The van der Waals surface area contributed by atoms with E-state index in [-0.39, 0.29) is 18.6 Å². The molecule has 1 fully saturated rings. The third-order valence-electron chi connectivity index (χ3n) is 7.10. The molecule has 7 heteroatoms. The minimum Gasteiger partial charge on any atom is -0.454 e. The number of nitrogens with zero attached hydrogens (tertiary/aromatic N) is 1. The van der Waals surface area contributed by atoms with E-state index in [0.717, 1.165) is 30.5 Å². The molecule has 0 N–H and O–H groups in total. The summed E-state index contributed by atoms with van der Waals surface area (Å²) in [7, 11) is 0. The minimum absolute atomic E-state index is 0.0659. The summed E-state index contributed by atoms with van der Waals surface area (Å²) in [6.07, 6.45) is 6.38. The first kappa shape index (κ1) is 23.5. The lowest BCUT2D eigenvalue weighted by Crippen LogP contribution is -2.37. The number of benzene rings is 2. The molecule has 2 aromatic carbocycles. The zero-order chi connectivity index (χ0) is 24.4. The molecule has 1 heterocycles. The van der Waals surface area contributed by atoms with Crippen LogP contribution in [0.4, 0.5) is 13.2 Å². The maximum atomic E-state index is 13.9. The molecule has 0 spiro atoms. The fraction of sp³-hybridized carbons (Fsp3) is 0.393. The van der Waals surface area contributed by atoms with Crippen LogP contribution in [0.1, 0.15) is 54.7 Å². The lowest BCUT2D eigenvalue weighted by molar-refractivity contribution is -0.137. The van der Waals surface area contributed by atoms with Gasteiger partial charge in [-0.15, -0.1) is 0 Å². The van der Waals surface area contributed by atoms with Gasteiger partial charge in [-0.1, -0.05) is 49.3 Å². The summed E-state index contributed by atoms with van der Waals surface area (Å²) in [5.74, 6) is 1.49. The number of fused-ring (bicyclic) bond motifs is 1. The van der Waals surface area contributed by atoms with E-state index < -0.39 is 11.7 Å². The van der Waals surface area contributed by atoms with Crippen molar-refractivity contribution in [3.8, 4) is 11.5 Å². The van der Waals surface area contributed by atoms with Crippen molar-refractivity contribution in [3.05, 3.63) is 83.0 Å². The molecule has 3 aliphatic rings. The van der Waals surface area contributed by atoms with Crippen LogP contribution in [0.3, 0.4) is 0 Å². The number of alkyl halides is 3. The third-order valence-corrected chi connectivity index (χ3v) is 7.10. The van der Waals surface area contributed by atoms with E-state index in [2.05, 4.69) is 0 Å². The van der Waals surface area contributed by atoms with Crippen LogP contribution in [0.25, 0.3) is 0 Å². The van der Waals surface area contributed by atoms with Crippen LogP contribution in [-0.4, -0.2) is 24.1 Å². The number of carbonyl (C=O) groups excluding carboxylic acids is 1. The van der Waals surface area contributed by atoms with Gasteiger partial charge < -0.3 is 14.4 Å². The molecular formula is C28H28F3NO3. The number of halogens is 3. The molecule has 4 nitrogen and oxygen atoms in total. The summed E-state index contributed by atoms with van der Waals surface area (Å²) in [4.78, 5) is 15.8. The predicted octanol–water partition coefficient (Wildman–Crippen LogP) is 6.62. The molecule has 1 atom stereocenters. The lowest BCUT2D eigenvalue weighted by Gasteiger charge is -2.30. The maximum absolute atomic E-state index is 13.9. The van der Waals surface area contributed by atoms with Crippen molar-refractivity contribution in [1.82, 2.24) is 4.90 Å². The summed E-state index contributed by atoms with van der Waals surface area (Å²) in [5.41, 5.74) is 1.60. The maximum Gasteiger partial charge on any atom is 0.416 e. The molecule has 35 heavy (non-hydrogen) atoms. The second-order valence-corrected chi connectivity index (χ2v) is 9.48. The largest absolute Gasteiger partial charge is 0.454 e. The Labute approximate surface area is 203 Å². The van der Waals surface area contributed by atoms with Crippen molar-refractivity contribution in [2.75, 3.05) is 13.3 Å². The van der Waals surface area contributed by atoms with E-state index in [1.807, 2.05) is 41.3 Å². The first-order chi connectivity index (χ1) is 16.9. The van der Waals surface area contributed by atoms with Gasteiger partial charge in [0.05, 0.1) is 5.56 Å². The van der Waals surface area contributed by atoms with Crippen LogP contribution in [-0.2, 0) is 17.5 Å². The highest BCUT2D eigenvalue weighted by Gasteiger charge is 2.32. The molecular weight excluding hydrogens is 455 g/mol. The van der Waals surface area contributed by atoms with Crippen molar-refractivity contribution in [3.63, 3.8) is 0 Å². The summed E-state index contributed by atoms with van der Waals surface area (Å²) >= 11 is 0. The summed E-state index contributed by atoms with van der Waals surface area (Å²) in [5, 5.41) is 0. The highest BCUT2D eigenvalue weighted by molar-refractivity contribution is 5.95. The number of amides is 1. The van der Waals surface area contributed by atoms with Gasteiger partial charge in [0.2, 0.25) is 6.79 Å².